The summed E-state index contributed by atoms with van der Waals surface area (Å²) in [6.45, 7) is 0. The van der Waals surface area contributed by atoms with Gasteiger partial charge in [-0.2, -0.15) is 0 Å². The lowest BCUT2D eigenvalue weighted by Gasteiger charge is -2.32. The second-order valence-electron chi connectivity index (χ2n) is 8.70. The van der Waals surface area contributed by atoms with Crippen molar-refractivity contribution < 1.29 is 0 Å². The summed E-state index contributed by atoms with van der Waals surface area (Å²) < 4.78 is 0. The molecule has 2 heterocycles. The molecule has 0 spiro atoms. The molecule has 1 aliphatic rings. The lowest BCUT2D eigenvalue weighted by Crippen LogP contribution is -2.16. The molecule has 0 N–H and O–H groups in total. The maximum atomic E-state index is 5.17. The van der Waals surface area contributed by atoms with Crippen molar-refractivity contribution in [1.29, 1.82) is 0 Å². The van der Waals surface area contributed by atoms with Crippen LogP contribution in [-0.4, -0.2) is 9.97 Å². The summed E-state index contributed by atoms with van der Waals surface area (Å²) in [6.07, 6.45) is 0. The lowest BCUT2D eigenvalue weighted by atomic mass is 9.96. The Morgan fingerprint density at radius 1 is 0.486 bits per heavy atom. The molecule has 0 saturated heterocycles. The summed E-state index contributed by atoms with van der Waals surface area (Å²) in [5.41, 5.74) is 9.75. The van der Waals surface area contributed by atoms with E-state index in [9.17, 15) is 0 Å². The summed E-state index contributed by atoms with van der Waals surface area (Å²) in [6, 6.07) is 44.2. The molecule has 0 saturated carbocycles. The molecule has 0 bridgehead atoms. The minimum absolute atomic E-state index is 0.741. The van der Waals surface area contributed by atoms with Gasteiger partial charge < -0.3 is 4.90 Å². The monoisotopic (exact) mass is 447 g/mol. The van der Waals surface area contributed by atoms with Gasteiger partial charge in [-0.05, 0) is 47.5 Å². The van der Waals surface area contributed by atoms with Crippen LogP contribution < -0.4 is 4.90 Å². The molecule has 7 rings (SSSR count). The number of nitrogens with zero attached hydrogens (tertiary/aromatic N) is 3. The molecule has 0 atom stereocenters. The van der Waals surface area contributed by atoms with Gasteiger partial charge in [0.05, 0.1) is 28.0 Å². The quantitative estimate of drug-likeness (QED) is 0.272. The number of hydrogen-bond acceptors (Lipinski definition) is 3. The van der Waals surface area contributed by atoms with Crippen LogP contribution in [0.25, 0.3) is 44.7 Å². The number of rotatable bonds is 3. The van der Waals surface area contributed by atoms with Crippen LogP contribution in [0, 0.1) is 0 Å². The van der Waals surface area contributed by atoms with Crippen molar-refractivity contribution >= 4 is 28.0 Å². The first-order valence-electron chi connectivity index (χ1n) is 11.8. The Kier molecular flexibility index (Phi) is 4.46. The van der Waals surface area contributed by atoms with Crippen LogP contribution in [0.4, 0.5) is 17.1 Å². The Morgan fingerprint density at radius 3 is 2.00 bits per heavy atom. The fourth-order valence-corrected chi connectivity index (χ4v) is 5.00. The second kappa shape index (κ2) is 7.93. The Hall–Kier alpha value is -4.76. The largest absolute Gasteiger partial charge is 0.309 e. The standard InChI is InChI=1S/C32H21N3/c1-3-11-22(12-4-1)23-13-9-14-24(21-23)32-33-27-18-10-20-29-30(27)31(34-32)26-17-7-8-19-28(26)35(29)25-15-5-2-6-16-25/h1-21H. The summed E-state index contributed by atoms with van der Waals surface area (Å²) >= 11 is 0. The molecule has 164 valence electrons. The number of benzene rings is 5. The normalized spacial score (nSPS) is 11.9. The average Bonchev–Trinajstić information content (AvgIpc) is 2.94. The highest BCUT2D eigenvalue weighted by molar-refractivity contribution is 6.11. The van der Waals surface area contributed by atoms with Crippen molar-refractivity contribution in [2.75, 3.05) is 4.90 Å². The summed E-state index contributed by atoms with van der Waals surface area (Å²) in [7, 11) is 0. The van der Waals surface area contributed by atoms with Crippen LogP contribution in [-0.2, 0) is 0 Å². The van der Waals surface area contributed by atoms with E-state index in [1.807, 2.05) is 12.1 Å². The summed E-state index contributed by atoms with van der Waals surface area (Å²) in [5, 5.41) is 1.08. The van der Waals surface area contributed by atoms with Crippen molar-refractivity contribution in [3.8, 4) is 33.8 Å². The van der Waals surface area contributed by atoms with E-state index >= 15 is 0 Å². The first kappa shape index (κ1) is 19.7. The number of hydrogen-bond donors (Lipinski definition) is 0. The van der Waals surface area contributed by atoms with Gasteiger partial charge in [-0.3, -0.25) is 0 Å². The fourth-order valence-electron chi connectivity index (χ4n) is 5.00. The van der Waals surface area contributed by atoms with Gasteiger partial charge >= 0.3 is 0 Å². The number of para-hydroxylation sites is 2. The van der Waals surface area contributed by atoms with E-state index < -0.39 is 0 Å². The van der Waals surface area contributed by atoms with Crippen molar-refractivity contribution in [3.05, 3.63) is 127 Å². The molecule has 35 heavy (non-hydrogen) atoms. The molecule has 1 aliphatic heterocycles. The third kappa shape index (κ3) is 3.21. The predicted octanol–water partition coefficient (Wildman–Crippen LogP) is 8.41. The average molecular weight is 448 g/mol. The molecule has 6 aromatic rings. The molecular formula is C32H21N3. The van der Waals surface area contributed by atoms with Gasteiger partial charge in [-0.15, -0.1) is 0 Å². The SMILES string of the molecule is c1ccc(-c2cccc(-c3nc4c5c(cccc5n3)N(c3ccccc3)c3ccccc3-4)c2)cc1. The fraction of sp³-hybridized carbons (Fsp3) is 0. The molecule has 5 aromatic carbocycles. The molecule has 3 heteroatoms. The minimum Gasteiger partial charge on any atom is -0.309 e. The summed E-state index contributed by atoms with van der Waals surface area (Å²) in [5.74, 6) is 0.741. The smallest absolute Gasteiger partial charge is 0.160 e. The van der Waals surface area contributed by atoms with Gasteiger partial charge in [-0.1, -0.05) is 91.0 Å². The Balaban J connectivity index is 1.47. The van der Waals surface area contributed by atoms with Gasteiger partial charge in [0.1, 0.15) is 0 Å². The topological polar surface area (TPSA) is 29.0 Å². The first-order chi connectivity index (χ1) is 17.4. The molecular weight excluding hydrogens is 426 g/mol. The highest BCUT2D eigenvalue weighted by atomic mass is 15.2. The number of fused-ring (bicyclic) bond motifs is 2. The van der Waals surface area contributed by atoms with Crippen LogP contribution in [0.2, 0.25) is 0 Å². The van der Waals surface area contributed by atoms with E-state index in [0.717, 1.165) is 56.2 Å². The number of aromatic nitrogens is 2. The second-order valence-corrected chi connectivity index (χ2v) is 8.70. The van der Waals surface area contributed by atoms with Gasteiger partial charge in [0.25, 0.3) is 0 Å². The third-order valence-corrected chi connectivity index (χ3v) is 6.58. The molecule has 0 fully saturated rings. The van der Waals surface area contributed by atoms with Gasteiger partial charge in [-0.25, -0.2) is 9.97 Å². The number of anilines is 3. The molecule has 0 unspecified atom stereocenters. The van der Waals surface area contributed by atoms with Crippen LogP contribution in [0.1, 0.15) is 0 Å². The Labute approximate surface area is 204 Å². The van der Waals surface area contributed by atoms with Crippen molar-refractivity contribution in [2.45, 2.75) is 0 Å². The highest BCUT2D eigenvalue weighted by Gasteiger charge is 2.27. The van der Waals surface area contributed by atoms with Crippen LogP contribution in [0.15, 0.2) is 127 Å². The van der Waals surface area contributed by atoms with E-state index in [0.29, 0.717) is 0 Å². The van der Waals surface area contributed by atoms with Crippen molar-refractivity contribution in [1.82, 2.24) is 9.97 Å². The predicted molar refractivity (Wildman–Crippen MR) is 144 cm³/mol. The molecule has 3 nitrogen and oxygen atoms in total. The van der Waals surface area contributed by atoms with E-state index in [-0.39, 0.29) is 0 Å². The van der Waals surface area contributed by atoms with E-state index in [4.69, 9.17) is 9.97 Å². The van der Waals surface area contributed by atoms with Crippen LogP contribution in [0.5, 0.6) is 0 Å². The molecule has 0 radical (unpaired) electrons. The van der Waals surface area contributed by atoms with E-state index in [1.54, 1.807) is 0 Å². The van der Waals surface area contributed by atoms with Crippen molar-refractivity contribution in [3.63, 3.8) is 0 Å². The lowest BCUT2D eigenvalue weighted by molar-refractivity contribution is 1.20. The Morgan fingerprint density at radius 2 is 1.14 bits per heavy atom. The molecule has 0 amide bonds. The van der Waals surface area contributed by atoms with E-state index in [2.05, 4.69) is 120 Å². The maximum Gasteiger partial charge on any atom is 0.160 e. The minimum atomic E-state index is 0.741. The van der Waals surface area contributed by atoms with Crippen LogP contribution >= 0.6 is 0 Å². The van der Waals surface area contributed by atoms with Gasteiger partial charge in [0.2, 0.25) is 0 Å². The highest BCUT2D eigenvalue weighted by Crippen LogP contribution is 2.49. The van der Waals surface area contributed by atoms with Gasteiger partial charge in [0, 0.05) is 16.8 Å². The zero-order chi connectivity index (χ0) is 23.2. The third-order valence-electron chi connectivity index (χ3n) is 6.58. The molecule has 0 aliphatic carbocycles. The van der Waals surface area contributed by atoms with Crippen LogP contribution in [0.3, 0.4) is 0 Å². The zero-order valence-electron chi connectivity index (χ0n) is 19.0. The van der Waals surface area contributed by atoms with E-state index in [1.165, 1.54) is 5.56 Å². The maximum absolute atomic E-state index is 5.17. The molecule has 1 aromatic heterocycles. The zero-order valence-corrected chi connectivity index (χ0v) is 19.0. The first-order valence-corrected chi connectivity index (χ1v) is 11.8. The summed E-state index contributed by atoms with van der Waals surface area (Å²) in [4.78, 5) is 12.5. The van der Waals surface area contributed by atoms with Crippen molar-refractivity contribution in [2.24, 2.45) is 0 Å². The van der Waals surface area contributed by atoms with Gasteiger partial charge in [0.15, 0.2) is 5.82 Å². The Bertz CT molecular complexity index is 1690.